The Morgan fingerprint density at radius 2 is 2.11 bits per heavy atom. The van der Waals surface area contributed by atoms with Crippen LogP contribution in [0, 0.1) is 0 Å². The molecule has 0 atom stereocenters. The van der Waals surface area contributed by atoms with Crippen molar-refractivity contribution in [3.8, 4) is 11.3 Å². The Hall–Kier alpha value is -1.13. The summed E-state index contributed by atoms with van der Waals surface area (Å²) in [5.41, 5.74) is 1.04. The van der Waals surface area contributed by atoms with Crippen molar-refractivity contribution in [3.05, 3.63) is 40.8 Å². The largest absolute Gasteiger partial charge is 0.441 e. The lowest BCUT2D eigenvalue weighted by Crippen LogP contribution is -2.17. The van der Waals surface area contributed by atoms with E-state index in [0.717, 1.165) is 47.6 Å². The van der Waals surface area contributed by atoms with Gasteiger partial charge in [0.1, 0.15) is 0 Å². The third-order valence-corrected chi connectivity index (χ3v) is 3.33. The fraction of sp³-hybridized carbons (Fsp3) is 0.357. The van der Waals surface area contributed by atoms with Crippen molar-refractivity contribution in [3.63, 3.8) is 0 Å². The first-order valence-electron chi connectivity index (χ1n) is 6.21. The Kier molecular flexibility index (Phi) is 4.96. The summed E-state index contributed by atoms with van der Waals surface area (Å²) < 4.78 is 6.77. The van der Waals surface area contributed by atoms with Gasteiger partial charge in [0.25, 0.3) is 0 Å². The Labute approximate surface area is 116 Å². The van der Waals surface area contributed by atoms with Gasteiger partial charge in [-0.1, -0.05) is 41.1 Å². The molecule has 4 heteroatoms. The highest BCUT2D eigenvalue weighted by Gasteiger charge is 2.08. The summed E-state index contributed by atoms with van der Waals surface area (Å²) in [6.07, 6.45) is 3.76. The molecule has 1 N–H and O–H groups in total. The fourth-order valence-corrected chi connectivity index (χ4v) is 2.19. The Balaban J connectivity index is 2.00. The molecule has 3 nitrogen and oxygen atoms in total. The minimum atomic E-state index is 0.782. The molecule has 1 aromatic carbocycles. The van der Waals surface area contributed by atoms with Gasteiger partial charge in [-0.2, -0.15) is 0 Å². The van der Waals surface area contributed by atoms with Crippen LogP contribution in [-0.4, -0.2) is 18.1 Å². The van der Waals surface area contributed by atoms with E-state index in [9.17, 15) is 0 Å². The summed E-state index contributed by atoms with van der Waals surface area (Å²) in [7, 11) is 0. The number of oxazole rings is 1. The van der Waals surface area contributed by atoms with Crippen molar-refractivity contribution in [2.75, 3.05) is 13.1 Å². The molecule has 0 aliphatic heterocycles. The molecule has 0 aliphatic rings. The van der Waals surface area contributed by atoms with Gasteiger partial charge in [0, 0.05) is 23.0 Å². The van der Waals surface area contributed by atoms with Gasteiger partial charge in [0.15, 0.2) is 11.7 Å². The average molecular weight is 309 g/mol. The number of halogens is 1. The van der Waals surface area contributed by atoms with E-state index in [-0.39, 0.29) is 0 Å². The van der Waals surface area contributed by atoms with Crippen LogP contribution in [0.5, 0.6) is 0 Å². The van der Waals surface area contributed by atoms with E-state index < -0.39 is 0 Å². The van der Waals surface area contributed by atoms with E-state index in [1.165, 1.54) is 0 Å². The summed E-state index contributed by atoms with van der Waals surface area (Å²) in [4.78, 5) is 4.30. The molecule has 1 aromatic heterocycles. The molecule has 0 saturated heterocycles. The van der Waals surface area contributed by atoms with Crippen LogP contribution in [0.15, 0.2) is 39.4 Å². The molecular weight excluding hydrogens is 292 g/mol. The second-order valence-corrected chi connectivity index (χ2v) is 4.95. The molecule has 96 valence electrons. The van der Waals surface area contributed by atoms with Gasteiger partial charge < -0.3 is 9.73 Å². The quantitative estimate of drug-likeness (QED) is 0.828. The van der Waals surface area contributed by atoms with Crippen LogP contribution in [0.1, 0.15) is 19.2 Å². The molecular formula is C14H17BrN2O. The molecule has 0 radical (unpaired) electrons. The number of hydrogen-bond donors (Lipinski definition) is 1. The summed E-state index contributed by atoms with van der Waals surface area (Å²) >= 11 is 3.52. The molecule has 0 amide bonds. The Bertz CT molecular complexity index is 496. The van der Waals surface area contributed by atoms with E-state index in [0.29, 0.717) is 0 Å². The van der Waals surface area contributed by atoms with E-state index in [2.05, 4.69) is 33.2 Å². The molecule has 0 spiro atoms. The number of nitrogens with one attached hydrogen (secondary N) is 1. The normalized spacial score (nSPS) is 10.8. The number of nitrogens with zero attached hydrogens (tertiary/aromatic N) is 1. The summed E-state index contributed by atoms with van der Waals surface area (Å²) in [6.45, 7) is 4.10. The first kappa shape index (κ1) is 13.3. The second-order valence-electron chi connectivity index (χ2n) is 4.10. The molecule has 0 unspecified atom stereocenters. The van der Waals surface area contributed by atoms with Crippen LogP contribution in [0.3, 0.4) is 0 Å². The maximum absolute atomic E-state index is 5.75. The van der Waals surface area contributed by atoms with E-state index >= 15 is 0 Å². The minimum Gasteiger partial charge on any atom is -0.441 e. The molecule has 1 heterocycles. The van der Waals surface area contributed by atoms with Crippen LogP contribution >= 0.6 is 15.9 Å². The Morgan fingerprint density at radius 3 is 2.89 bits per heavy atom. The smallest absolute Gasteiger partial charge is 0.196 e. The minimum absolute atomic E-state index is 0.782. The number of aromatic nitrogens is 1. The standard InChI is InChI=1S/C14H17BrN2O/c1-2-8-16-9-7-14-17-10-13(18-14)11-5-3-4-6-12(11)15/h3-6,10,16H,2,7-9H2,1H3. The van der Waals surface area contributed by atoms with Gasteiger partial charge in [-0.25, -0.2) is 4.98 Å². The second kappa shape index (κ2) is 6.71. The van der Waals surface area contributed by atoms with Crippen molar-refractivity contribution >= 4 is 15.9 Å². The molecule has 0 saturated carbocycles. The highest BCUT2D eigenvalue weighted by Crippen LogP contribution is 2.28. The lowest BCUT2D eigenvalue weighted by atomic mass is 10.2. The highest BCUT2D eigenvalue weighted by atomic mass is 79.9. The third-order valence-electron chi connectivity index (χ3n) is 2.64. The van der Waals surface area contributed by atoms with E-state index in [4.69, 9.17) is 4.42 Å². The summed E-state index contributed by atoms with van der Waals surface area (Å²) in [5, 5.41) is 3.33. The zero-order chi connectivity index (χ0) is 12.8. The third kappa shape index (κ3) is 3.43. The summed E-state index contributed by atoms with van der Waals surface area (Å²) in [6, 6.07) is 7.99. The van der Waals surface area contributed by atoms with Crippen molar-refractivity contribution in [2.24, 2.45) is 0 Å². The molecule has 0 bridgehead atoms. The van der Waals surface area contributed by atoms with Gasteiger partial charge >= 0.3 is 0 Å². The lowest BCUT2D eigenvalue weighted by molar-refractivity contribution is 0.495. The topological polar surface area (TPSA) is 38.1 Å². The molecule has 2 rings (SSSR count). The van der Waals surface area contributed by atoms with Crippen molar-refractivity contribution < 1.29 is 4.42 Å². The molecule has 2 aromatic rings. The first-order chi connectivity index (χ1) is 8.81. The van der Waals surface area contributed by atoms with Gasteiger partial charge in [0.05, 0.1) is 6.20 Å². The van der Waals surface area contributed by atoms with Crippen molar-refractivity contribution in [1.29, 1.82) is 0 Å². The van der Waals surface area contributed by atoms with Gasteiger partial charge in [0.2, 0.25) is 0 Å². The van der Waals surface area contributed by atoms with Crippen molar-refractivity contribution in [2.45, 2.75) is 19.8 Å². The van der Waals surface area contributed by atoms with Crippen LogP contribution < -0.4 is 5.32 Å². The lowest BCUT2D eigenvalue weighted by Gasteiger charge is -2.00. The zero-order valence-electron chi connectivity index (χ0n) is 10.4. The van der Waals surface area contributed by atoms with Crippen LogP contribution in [0.25, 0.3) is 11.3 Å². The SMILES string of the molecule is CCCNCCc1ncc(-c2ccccc2Br)o1. The number of benzene rings is 1. The molecule has 18 heavy (non-hydrogen) atoms. The maximum atomic E-state index is 5.75. The number of rotatable bonds is 6. The fourth-order valence-electron chi connectivity index (χ4n) is 1.71. The Morgan fingerprint density at radius 1 is 1.28 bits per heavy atom. The van der Waals surface area contributed by atoms with Crippen LogP contribution in [0.4, 0.5) is 0 Å². The van der Waals surface area contributed by atoms with Gasteiger partial charge in [-0.3, -0.25) is 0 Å². The molecule has 0 aliphatic carbocycles. The monoisotopic (exact) mass is 308 g/mol. The molecule has 0 fully saturated rings. The van der Waals surface area contributed by atoms with E-state index in [1.54, 1.807) is 6.20 Å². The van der Waals surface area contributed by atoms with Gasteiger partial charge in [-0.15, -0.1) is 0 Å². The van der Waals surface area contributed by atoms with Crippen LogP contribution in [-0.2, 0) is 6.42 Å². The zero-order valence-corrected chi connectivity index (χ0v) is 12.0. The predicted molar refractivity (Wildman–Crippen MR) is 76.5 cm³/mol. The summed E-state index contributed by atoms with van der Waals surface area (Å²) in [5.74, 6) is 1.59. The number of hydrogen-bond acceptors (Lipinski definition) is 3. The van der Waals surface area contributed by atoms with Gasteiger partial charge in [-0.05, 0) is 19.0 Å². The first-order valence-corrected chi connectivity index (χ1v) is 7.01. The van der Waals surface area contributed by atoms with E-state index in [1.807, 2.05) is 24.3 Å². The maximum Gasteiger partial charge on any atom is 0.196 e. The van der Waals surface area contributed by atoms with Crippen molar-refractivity contribution in [1.82, 2.24) is 10.3 Å². The predicted octanol–water partition coefficient (Wildman–Crippen LogP) is 3.65. The van der Waals surface area contributed by atoms with Crippen LogP contribution in [0.2, 0.25) is 0 Å². The highest BCUT2D eigenvalue weighted by molar-refractivity contribution is 9.10. The average Bonchev–Trinajstić information content (AvgIpc) is 2.84.